The van der Waals surface area contributed by atoms with Gasteiger partial charge >= 0.3 is 8.80 Å². The Morgan fingerprint density at radius 2 is 0.641 bits per heavy atom. The molecule has 0 heterocycles. The highest BCUT2D eigenvalue weighted by Crippen LogP contribution is 2.19. The molecule has 0 fully saturated rings. The van der Waals surface area contributed by atoms with Crippen molar-refractivity contribution >= 4 is 8.80 Å². The Balaban J connectivity index is 3.48. The summed E-state index contributed by atoms with van der Waals surface area (Å²) in [6.07, 6.45) is 3.69. The van der Waals surface area contributed by atoms with Crippen LogP contribution in [0.15, 0.2) is 0 Å². The average molecular weight is 587 g/mol. The topological polar surface area (TPSA) is 102 Å². The van der Waals surface area contributed by atoms with E-state index in [1.165, 1.54) is 0 Å². The lowest BCUT2D eigenvalue weighted by Gasteiger charge is -2.29. The maximum atomic E-state index is 6.11. The van der Waals surface area contributed by atoms with Crippen molar-refractivity contribution in [2.24, 2.45) is 0 Å². The van der Waals surface area contributed by atoms with Gasteiger partial charge in [-0.15, -0.1) is 0 Å². The lowest BCUT2D eigenvalue weighted by atomic mass is 10.5. The highest BCUT2D eigenvalue weighted by molar-refractivity contribution is 6.60. The van der Waals surface area contributed by atoms with Gasteiger partial charge in [-0.1, -0.05) is 20.8 Å². The van der Waals surface area contributed by atoms with Crippen LogP contribution in [0.25, 0.3) is 0 Å². The van der Waals surface area contributed by atoms with Crippen molar-refractivity contribution in [2.75, 3.05) is 126 Å². The van der Waals surface area contributed by atoms with Crippen molar-refractivity contribution in [3.63, 3.8) is 0 Å². The fraction of sp³-hybridized carbons (Fsp3) is 1.00. The van der Waals surface area contributed by atoms with Gasteiger partial charge in [0, 0.05) is 39.6 Å². The Morgan fingerprint density at radius 1 is 0.359 bits per heavy atom. The average Bonchev–Trinajstić information content (AvgIpc) is 2.95. The second kappa shape index (κ2) is 32.3. The molecule has 0 atom stereocenters. The van der Waals surface area contributed by atoms with Gasteiger partial charge in [0.15, 0.2) is 0 Å². The van der Waals surface area contributed by atoms with Crippen LogP contribution in [0, 0.1) is 0 Å². The summed E-state index contributed by atoms with van der Waals surface area (Å²) in [5, 5.41) is 0. The number of hydrogen-bond acceptors (Lipinski definition) is 11. The van der Waals surface area contributed by atoms with Crippen molar-refractivity contribution in [2.45, 2.75) is 52.5 Å². The van der Waals surface area contributed by atoms with Crippen LogP contribution in [0.3, 0.4) is 0 Å². The van der Waals surface area contributed by atoms with Gasteiger partial charge in [0.05, 0.1) is 92.5 Å². The zero-order valence-corrected chi connectivity index (χ0v) is 26.3. The summed E-state index contributed by atoms with van der Waals surface area (Å²) in [5.41, 5.74) is 0. The molecule has 0 aromatic heterocycles. The Bertz CT molecular complexity index is 442. The van der Waals surface area contributed by atoms with E-state index < -0.39 is 8.80 Å². The van der Waals surface area contributed by atoms with Gasteiger partial charge in [-0.25, -0.2) is 0 Å². The number of ether oxygens (including phenoxy) is 8. The van der Waals surface area contributed by atoms with Crippen LogP contribution in [-0.2, 0) is 51.2 Å². The number of methoxy groups -OCH3 is 1. The van der Waals surface area contributed by atoms with Crippen LogP contribution in [0.5, 0.6) is 0 Å². The fourth-order valence-corrected chi connectivity index (χ4v) is 5.87. The highest BCUT2D eigenvalue weighted by atomic mass is 28.4. The van der Waals surface area contributed by atoms with Crippen molar-refractivity contribution in [3.05, 3.63) is 0 Å². The van der Waals surface area contributed by atoms with Gasteiger partial charge in [-0.2, -0.15) is 0 Å². The second-order valence-corrected chi connectivity index (χ2v) is 11.3. The molecule has 0 aliphatic heterocycles. The lowest BCUT2D eigenvalue weighted by Crippen LogP contribution is -2.46. The molecule has 39 heavy (non-hydrogen) atoms. The molecule has 0 aromatic rings. The molecule has 0 aliphatic carbocycles. The van der Waals surface area contributed by atoms with E-state index in [9.17, 15) is 0 Å². The van der Waals surface area contributed by atoms with E-state index in [-0.39, 0.29) is 0 Å². The fourth-order valence-electron chi connectivity index (χ4n) is 3.07. The summed E-state index contributed by atoms with van der Waals surface area (Å²) in [5.74, 6) is 0. The largest absolute Gasteiger partial charge is 0.501 e. The molecule has 0 radical (unpaired) electrons. The summed E-state index contributed by atoms with van der Waals surface area (Å²) in [6.45, 7) is 16.6. The van der Waals surface area contributed by atoms with E-state index in [4.69, 9.17) is 51.2 Å². The first-order valence-corrected chi connectivity index (χ1v) is 16.6. The Hall–Kier alpha value is -0.223. The molecule has 0 saturated carbocycles. The van der Waals surface area contributed by atoms with Crippen LogP contribution in [0.2, 0.25) is 6.04 Å². The summed E-state index contributed by atoms with van der Waals surface area (Å²) in [6, 6.07) is 0.774. The first kappa shape index (κ1) is 38.8. The van der Waals surface area contributed by atoms with E-state index in [0.29, 0.717) is 119 Å². The first-order valence-electron chi connectivity index (χ1n) is 14.7. The van der Waals surface area contributed by atoms with Gasteiger partial charge in [-0.05, 0) is 25.7 Å². The van der Waals surface area contributed by atoms with Crippen LogP contribution in [0.1, 0.15) is 46.5 Å². The van der Waals surface area contributed by atoms with Gasteiger partial charge in [-0.3, -0.25) is 0 Å². The third-order valence-corrected chi connectivity index (χ3v) is 7.91. The van der Waals surface area contributed by atoms with Gasteiger partial charge in [0.1, 0.15) is 0 Å². The van der Waals surface area contributed by atoms with E-state index in [1.807, 2.05) is 0 Å². The van der Waals surface area contributed by atoms with Crippen molar-refractivity contribution in [1.29, 1.82) is 0 Å². The minimum Gasteiger partial charge on any atom is -0.382 e. The number of rotatable bonds is 34. The van der Waals surface area contributed by atoms with Crippen molar-refractivity contribution in [1.82, 2.24) is 0 Å². The van der Waals surface area contributed by atoms with E-state index >= 15 is 0 Å². The molecule has 0 rings (SSSR count). The molecule has 236 valence electrons. The molecule has 0 unspecified atom stereocenters. The molecule has 0 saturated heterocycles. The predicted octanol–water partition coefficient (Wildman–Crippen LogP) is 3.36. The Labute approximate surface area is 238 Å². The Kier molecular flexibility index (Phi) is 32.1. The maximum absolute atomic E-state index is 6.11. The summed E-state index contributed by atoms with van der Waals surface area (Å²) < 4.78 is 61.7. The van der Waals surface area contributed by atoms with Crippen LogP contribution in [-0.4, -0.2) is 135 Å². The molecule has 0 bridgehead atoms. The standard InChI is InChI=1S/C27H58O11Si/c1-5-9-36-39(37-10-6-2,38-11-7-3)27-8-12-29-15-16-31-19-20-33-23-24-35-26-25-34-22-21-32-18-17-30-14-13-28-4/h5-27H2,1-4H3. The zero-order chi connectivity index (χ0) is 28.5. The van der Waals surface area contributed by atoms with E-state index in [2.05, 4.69) is 20.8 Å². The van der Waals surface area contributed by atoms with Gasteiger partial charge < -0.3 is 51.2 Å². The molecule has 0 aliphatic rings. The normalized spacial score (nSPS) is 12.0. The molecule has 0 aromatic carbocycles. The molecule has 0 spiro atoms. The Morgan fingerprint density at radius 3 is 0.923 bits per heavy atom. The van der Waals surface area contributed by atoms with Crippen LogP contribution < -0.4 is 0 Å². The van der Waals surface area contributed by atoms with Crippen molar-refractivity contribution in [3.8, 4) is 0 Å². The predicted molar refractivity (Wildman–Crippen MR) is 152 cm³/mol. The molecular formula is C27H58O11Si. The minimum absolute atomic E-state index is 0.526. The lowest BCUT2D eigenvalue weighted by molar-refractivity contribution is -0.0222. The smallest absolute Gasteiger partial charge is 0.382 e. The molecule has 12 heteroatoms. The van der Waals surface area contributed by atoms with Crippen molar-refractivity contribution < 1.29 is 51.2 Å². The number of hydrogen-bond donors (Lipinski definition) is 0. The second-order valence-electron chi connectivity index (χ2n) is 8.61. The van der Waals surface area contributed by atoms with E-state index in [0.717, 1.165) is 31.7 Å². The van der Waals surface area contributed by atoms with Crippen LogP contribution >= 0.6 is 0 Å². The quantitative estimate of drug-likeness (QED) is 0.0819. The SMILES string of the molecule is CCCO[Si](CCCOCCOCCOCCOCCOCCOCCOCCOC)(OCCC)OCCC. The summed E-state index contributed by atoms with van der Waals surface area (Å²) >= 11 is 0. The molecule has 0 amide bonds. The maximum Gasteiger partial charge on any atom is 0.501 e. The monoisotopic (exact) mass is 586 g/mol. The third-order valence-electron chi connectivity index (χ3n) is 5.01. The van der Waals surface area contributed by atoms with Gasteiger partial charge in [0.25, 0.3) is 0 Å². The summed E-state index contributed by atoms with van der Waals surface area (Å²) in [7, 11) is -0.984. The molecular weight excluding hydrogens is 528 g/mol. The van der Waals surface area contributed by atoms with E-state index in [1.54, 1.807) is 7.11 Å². The zero-order valence-electron chi connectivity index (χ0n) is 25.3. The summed E-state index contributed by atoms with van der Waals surface area (Å²) in [4.78, 5) is 0. The van der Waals surface area contributed by atoms with Gasteiger partial charge in [0.2, 0.25) is 0 Å². The first-order chi connectivity index (χ1) is 19.2. The third kappa shape index (κ3) is 27.7. The molecule has 11 nitrogen and oxygen atoms in total. The molecule has 0 N–H and O–H groups in total. The van der Waals surface area contributed by atoms with Crippen LogP contribution in [0.4, 0.5) is 0 Å². The minimum atomic E-state index is -2.63. The highest BCUT2D eigenvalue weighted by Gasteiger charge is 2.40.